The van der Waals surface area contributed by atoms with Gasteiger partial charge in [-0.3, -0.25) is 4.79 Å². The Morgan fingerprint density at radius 1 is 1.18 bits per heavy atom. The zero-order chi connectivity index (χ0) is 22.8. The average Bonchev–Trinajstić information content (AvgIpc) is 3.48. The predicted octanol–water partition coefficient (Wildman–Crippen LogP) is 2.38. The van der Waals surface area contributed by atoms with E-state index in [4.69, 9.17) is 15.1 Å². The summed E-state index contributed by atoms with van der Waals surface area (Å²) < 4.78 is 11.3. The normalized spacial score (nSPS) is 14.2. The van der Waals surface area contributed by atoms with Gasteiger partial charge in [0, 0.05) is 11.1 Å². The Hall–Kier alpha value is -4.54. The van der Waals surface area contributed by atoms with E-state index in [1.165, 1.54) is 4.68 Å². The van der Waals surface area contributed by atoms with Crippen molar-refractivity contribution in [2.45, 2.75) is 19.3 Å². The molecular weight excluding hydrogens is 424 g/mol. The Bertz CT molecular complexity index is 1340. The van der Waals surface area contributed by atoms with Crippen molar-refractivity contribution in [3.8, 4) is 22.8 Å². The number of nitrogens with one attached hydrogen (secondary N) is 1. The summed E-state index contributed by atoms with van der Waals surface area (Å²) in [5.41, 5.74) is 12.6. The second kappa shape index (κ2) is 8.54. The number of fused-ring (bicyclic) bond motifs is 1. The van der Waals surface area contributed by atoms with Crippen molar-refractivity contribution in [3.05, 3.63) is 65.4 Å². The van der Waals surface area contributed by atoms with Crippen LogP contribution in [0, 0.1) is 0 Å². The van der Waals surface area contributed by atoms with Crippen molar-refractivity contribution in [1.82, 2.24) is 30.7 Å². The fourth-order valence-electron chi connectivity index (χ4n) is 3.83. The number of ether oxygens (including phenoxy) is 1. The van der Waals surface area contributed by atoms with Gasteiger partial charge >= 0.3 is 0 Å². The molecule has 0 radical (unpaired) electrons. The Balaban J connectivity index is 1.49. The van der Waals surface area contributed by atoms with Crippen LogP contribution in [0.3, 0.4) is 0 Å². The van der Waals surface area contributed by atoms with E-state index in [0.717, 1.165) is 41.9 Å². The van der Waals surface area contributed by atoms with Crippen molar-refractivity contribution in [3.63, 3.8) is 0 Å². The first-order chi connectivity index (χ1) is 16.2. The lowest BCUT2D eigenvalue weighted by molar-refractivity contribution is 0.0950. The van der Waals surface area contributed by atoms with Crippen molar-refractivity contribution in [2.75, 3.05) is 12.8 Å². The SMILES string of the molecule is COc1ccc2c(c1)CCC/C2=N/NC(=O)c1nnn(-c2nonc2N)c1-c1ccccc1. The fourth-order valence-corrected chi connectivity index (χ4v) is 3.83. The molecule has 0 atom stereocenters. The smallest absolute Gasteiger partial charge is 0.294 e. The van der Waals surface area contributed by atoms with Crippen LogP contribution >= 0.6 is 0 Å². The minimum Gasteiger partial charge on any atom is -0.497 e. The number of hydrogen-bond acceptors (Lipinski definition) is 9. The molecule has 166 valence electrons. The number of carbonyl (C=O) groups excluding carboxylic acids is 1. The van der Waals surface area contributed by atoms with Crippen LogP contribution in [0.2, 0.25) is 0 Å². The minimum atomic E-state index is -0.511. The van der Waals surface area contributed by atoms with Gasteiger partial charge in [0.1, 0.15) is 11.4 Å². The zero-order valence-electron chi connectivity index (χ0n) is 17.7. The highest BCUT2D eigenvalue weighted by molar-refractivity contribution is 6.04. The van der Waals surface area contributed by atoms with E-state index >= 15 is 0 Å². The molecule has 3 N–H and O–H groups in total. The molecule has 11 heteroatoms. The van der Waals surface area contributed by atoms with Crippen molar-refractivity contribution < 1.29 is 14.2 Å². The number of amides is 1. The van der Waals surface area contributed by atoms with Gasteiger partial charge in [-0.2, -0.15) is 9.78 Å². The number of carbonyl (C=O) groups is 1. The van der Waals surface area contributed by atoms with Crippen LogP contribution in [-0.4, -0.2) is 44.0 Å². The number of aryl methyl sites for hydroxylation is 1. The molecule has 1 aliphatic carbocycles. The molecule has 0 spiro atoms. The lowest BCUT2D eigenvalue weighted by atomic mass is 9.90. The maximum Gasteiger partial charge on any atom is 0.294 e. The van der Waals surface area contributed by atoms with Crippen molar-refractivity contribution in [1.29, 1.82) is 0 Å². The van der Waals surface area contributed by atoms with E-state index in [1.807, 2.05) is 48.5 Å². The van der Waals surface area contributed by atoms with Gasteiger partial charge < -0.3 is 10.5 Å². The van der Waals surface area contributed by atoms with Gasteiger partial charge in [-0.15, -0.1) is 5.10 Å². The van der Waals surface area contributed by atoms with E-state index in [0.29, 0.717) is 11.3 Å². The molecule has 1 aliphatic rings. The number of nitrogens with zero attached hydrogens (tertiary/aromatic N) is 6. The second-order valence-corrected chi connectivity index (χ2v) is 7.41. The topological polar surface area (TPSA) is 146 Å². The summed E-state index contributed by atoms with van der Waals surface area (Å²) in [5.74, 6) is 0.452. The molecule has 0 saturated heterocycles. The molecule has 0 aliphatic heterocycles. The van der Waals surface area contributed by atoms with Gasteiger partial charge in [0.2, 0.25) is 11.6 Å². The summed E-state index contributed by atoms with van der Waals surface area (Å²) in [6, 6.07) is 15.0. The molecule has 0 fully saturated rings. The van der Waals surface area contributed by atoms with E-state index in [1.54, 1.807) is 7.11 Å². The standard InChI is InChI=1S/C22H20N8O3/c1-32-15-10-11-16-14(12-15)8-5-9-17(16)24-26-22(31)18-19(13-6-3-2-4-7-13)30(29-25-18)21-20(23)27-33-28-21/h2-4,6-7,10-12H,5,8-9H2,1H3,(H2,23,27)(H,26,31)/b24-17-. The molecule has 4 aromatic rings. The molecule has 2 heterocycles. The number of anilines is 1. The summed E-state index contributed by atoms with van der Waals surface area (Å²) in [6.07, 6.45) is 2.61. The lowest BCUT2D eigenvalue weighted by Gasteiger charge is -2.18. The van der Waals surface area contributed by atoms with Crippen LogP contribution in [0.25, 0.3) is 17.1 Å². The van der Waals surface area contributed by atoms with Crippen LogP contribution in [0.4, 0.5) is 5.82 Å². The van der Waals surface area contributed by atoms with E-state index in [9.17, 15) is 4.79 Å². The summed E-state index contributed by atoms with van der Waals surface area (Å²) in [6.45, 7) is 0. The highest BCUT2D eigenvalue weighted by Crippen LogP contribution is 2.27. The number of methoxy groups -OCH3 is 1. The van der Waals surface area contributed by atoms with Crippen LogP contribution in [-0.2, 0) is 6.42 Å². The number of rotatable bonds is 5. The van der Waals surface area contributed by atoms with Crippen LogP contribution < -0.4 is 15.9 Å². The molecule has 2 aromatic carbocycles. The van der Waals surface area contributed by atoms with Crippen molar-refractivity contribution in [2.24, 2.45) is 5.10 Å². The van der Waals surface area contributed by atoms with Gasteiger partial charge in [-0.25, -0.2) is 10.1 Å². The molecule has 0 unspecified atom stereocenters. The Morgan fingerprint density at radius 2 is 2.03 bits per heavy atom. The summed E-state index contributed by atoms with van der Waals surface area (Å²) >= 11 is 0. The first-order valence-electron chi connectivity index (χ1n) is 10.3. The summed E-state index contributed by atoms with van der Waals surface area (Å²) in [4.78, 5) is 13.1. The van der Waals surface area contributed by atoms with Crippen LogP contribution in [0.5, 0.6) is 5.75 Å². The van der Waals surface area contributed by atoms with Gasteiger partial charge in [-0.1, -0.05) is 35.5 Å². The molecule has 0 bridgehead atoms. The van der Waals surface area contributed by atoms with E-state index in [-0.39, 0.29) is 17.3 Å². The highest BCUT2D eigenvalue weighted by Gasteiger charge is 2.25. The van der Waals surface area contributed by atoms with Crippen LogP contribution in [0.15, 0.2) is 58.3 Å². The lowest BCUT2D eigenvalue weighted by Crippen LogP contribution is -2.23. The summed E-state index contributed by atoms with van der Waals surface area (Å²) in [7, 11) is 1.64. The molecule has 11 nitrogen and oxygen atoms in total. The fraction of sp³-hybridized carbons (Fsp3) is 0.182. The van der Waals surface area contributed by atoms with Gasteiger partial charge in [0.05, 0.1) is 12.8 Å². The molecule has 1 amide bonds. The van der Waals surface area contributed by atoms with Gasteiger partial charge in [0.25, 0.3) is 5.91 Å². The quantitative estimate of drug-likeness (QED) is 0.446. The summed E-state index contributed by atoms with van der Waals surface area (Å²) in [5, 5.41) is 19.9. The highest BCUT2D eigenvalue weighted by atomic mass is 16.6. The second-order valence-electron chi connectivity index (χ2n) is 7.41. The number of nitrogen functional groups attached to an aromatic ring is 1. The molecule has 33 heavy (non-hydrogen) atoms. The third-order valence-electron chi connectivity index (χ3n) is 5.40. The van der Waals surface area contributed by atoms with Crippen molar-refractivity contribution >= 4 is 17.4 Å². The monoisotopic (exact) mass is 444 g/mol. The average molecular weight is 444 g/mol. The number of benzene rings is 2. The largest absolute Gasteiger partial charge is 0.497 e. The van der Waals surface area contributed by atoms with Gasteiger partial charge in [-0.05, 0) is 53.3 Å². The number of aromatic nitrogens is 5. The Morgan fingerprint density at radius 3 is 2.79 bits per heavy atom. The van der Waals surface area contributed by atoms with Crippen LogP contribution in [0.1, 0.15) is 34.5 Å². The minimum absolute atomic E-state index is 0.0264. The molecule has 2 aromatic heterocycles. The number of hydrogen-bond donors (Lipinski definition) is 2. The third-order valence-corrected chi connectivity index (χ3v) is 5.40. The zero-order valence-corrected chi connectivity index (χ0v) is 17.7. The first kappa shape index (κ1) is 20.4. The maximum absolute atomic E-state index is 13.1. The molecular formula is C22H20N8O3. The third kappa shape index (κ3) is 3.80. The van der Waals surface area contributed by atoms with Gasteiger partial charge in [0.15, 0.2) is 5.69 Å². The number of hydrazone groups is 1. The number of nitrogens with two attached hydrogens (primary N) is 1. The predicted molar refractivity (Wildman–Crippen MR) is 119 cm³/mol. The maximum atomic E-state index is 13.1. The van der Waals surface area contributed by atoms with E-state index < -0.39 is 5.91 Å². The Labute approximate surface area is 188 Å². The Kier molecular flexibility index (Phi) is 5.27. The molecule has 0 saturated carbocycles. The first-order valence-corrected chi connectivity index (χ1v) is 10.3. The molecule has 5 rings (SSSR count). The van der Waals surface area contributed by atoms with E-state index in [2.05, 4.69) is 31.2 Å².